The van der Waals surface area contributed by atoms with Gasteiger partial charge in [-0.2, -0.15) is 0 Å². The first kappa shape index (κ1) is 23.6. The highest BCUT2D eigenvalue weighted by molar-refractivity contribution is 5.90. The van der Waals surface area contributed by atoms with Crippen molar-refractivity contribution in [1.82, 2.24) is 4.98 Å². The Kier molecular flexibility index (Phi) is 7.06. The van der Waals surface area contributed by atoms with Crippen LogP contribution in [-0.4, -0.2) is 30.3 Å². The molecule has 6 heteroatoms. The van der Waals surface area contributed by atoms with E-state index in [-0.39, 0.29) is 5.97 Å². The van der Waals surface area contributed by atoms with Gasteiger partial charge in [0.05, 0.1) is 19.3 Å². The molecule has 34 heavy (non-hydrogen) atoms. The highest BCUT2D eigenvalue weighted by Crippen LogP contribution is 2.37. The average molecular weight is 461 g/mol. The first-order chi connectivity index (χ1) is 16.3. The maximum absolute atomic E-state index is 12.5. The number of carbonyl (C=O) groups excluding carboxylic acids is 1. The lowest BCUT2D eigenvalue weighted by Crippen LogP contribution is -2.24. The fourth-order valence-electron chi connectivity index (χ4n) is 3.56. The molecule has 4 rings (SSSR count). The number of esters is 1. The largest absolute Gasteiger partial charge is 0.493 e. The number of nitrogens with zero attached hydrogens (tertiary/aromatic N) is 2. The third kappa shape index (κ3) is 6.28. The van der Waals surface area contributed by atoms with Crippen molar-refractivity contribution in [2.45, 2.75) is 45.8 Å². The van der Waals surface area contributed by atoms with Gasteiger partial charge in [-0.1, -0.05) is 6.07 Å². The number of pyridine rings is 1. The Morgan fingerprint density at radius 3 is 2.38 bits per heavy atom. The topological polar surface area (TPSA) is 60.9 Å². The lowest BCUT2D eigenvalue weighted by Gasteiger charge is -2.26. The summed E-state index contributed by atoms with van der Waals surface area (Å²) in [7, 11) is 1.65. The maximum Gasteiger partial charge on any atom is 0.338 e. The number of ether oxygens (including phenoxy) is 3. The number of benzene rings is 2. The van der Waals surface area contributed by atoms with Crippen molar-refractivity contribution in [3.8, 4) is 11.5 Å². The molecular formula is C28H32N2O4. The van der Waals surface area contributed by atoms with Gasteiger partial charge in [-0.3, -0.25) is 4.98 Å². The van der Waals surface area contributed by atoms with Crippen molar-refractivity contribution in [2.75, 3.05) is 18.6 Å². The molecule has 178 valence electrons. The van der Waals surface area contributed by atoms with E-state index in [1.807, 2.05) is 69.4 Å². The number of hydrogen-bond acceptors (Lipinski definition) is 6. The highest BCUT2D eigenvalue weighted by Gasteiger charge is 2.23. The molecule has 0 saturated heterocycles. The summed E-state index contributed by atoms with van der Waals surface area (Å²) in [6, 6.07) is 17.4. The molecule has 1 aliphatic rings. The summed E-state index contributed by atoms with van der Waals surface area (Å²) in [5, 5.41) is 0. The quantitative estimate of drug-likeness (QED) is 0.356. The van der Waals surface area contributed by atoms with E-state index < -0.39 is 5.60 Å². The molecule has 1 fully saturated rings. The minimum absolute atomic E-state index is 0.335. The van der Waals surface area contributed by atoms with Crippen LogP contribution in [0.3, 0.4) is 0 Å². The molecule has 0 atom stereocenters. The second-order valence-corrected chi connectivity index (χ2v) is 9.59. The van der Waals surface area contributed by atoms with Crippen molar-refractivity contribution in [2.24, 2.45) is 5.92 Å². The van der Waals surface area contributed by atoms with E-state index in [0.717, 1.165) is 22.7 Å². The Morgan fingerprint density at radius 2 is 1.76 bits per heavy atom. The number of carbonyl (C=O) groups is 1. The van der Waals surface area contributed by atoms with Gasteiger partial charge in [0, 0.05) is 36.4 Å². The Balaban J connectivity index is 1.64. The van der Waals surface area contributed by atoms with Gasteiger partial charge in [-0.05, 0) is 87.6 Å². The second-order valence-electron chi connectivity index (χ2n) is 9.59. The molecule has 1 heterocycles. The number of anilines is 2. The van der Waals surface area contributed by atoms with Gasteiger partial charge in [0.25, 0.3) is 0 Å². The SMILES string of the molecule is COc1ccc(N(Cc2cccnc2)c2ccc(C(=O)OC(C)(C)C)cc2)cc1OCC1CC1. The van der Waals surface area contributed by atoms with E-state index in [0.29, 0.717) is 30.4 Å². The molecule has 0 radical (unpaired) electrons. The first-order valence-corrected chi connectivity index (χ1v) is 11.6. The molecule has 0 unspecified atom stereocenters. The van der Waals surface area contributed by atoms with Gasteiger partial charge in [0.15, 0.2) is 11.5 Å². The van der Waals surface area contributed by atoms with Crippen molar-refractivity contribution >= 4 is 17.3 Å². The predicted octanol–water partition coefficient (Wildman–Crippen LogP) is 6.17. The summed E-state index contributed by atoms with van der Waals surface area (Å²) in [5.74, 6) is 1.75. The van der Waals surface area contributed by atoms with Crippen LogP contribution in [0.25, 0.3) is 0 Å². The molecule has 2 aromatic carbocycles. The molecule has 0 spiro atoms. The van der Waals surface area contributed by atoms with Crippen LogP contribution in [0, 0.1) is 5.92 Å². The Morgan fingerprint density at radius 1 is 1.03 bits per heavy atom. The number of aromatic nitrogens is 1. The van der Waals surface area contributed by atoms with Gasteiger partial charge in [-0.15, -0.1) is 0 Å². The maximum atomic E-state index is 12.5. The standard InChI is InChI=1S/C28H32N2O4/c1-28(2,3)34-27(31)22-9-11-23(12-10-22)30(18-21-6-5-15-29-17-21)24-13-14-25(32-4)26(16-24)33-19-20-7-8-20/h5-6,9-17,20H,7-8,18-19H2,1-4H3. The van der Waals surface area contributed by atoms with Crippen molar-refractivity contribution < 1.29 is 19.0 Å². The van der Waals surface area contributed by atoms with Crippen LogP contribution in [0.1, 0.15) is 49.5 Å². The van der Waals surface area contributed by atoms with Crippen LogP contribution in [0.4, 0.5) is 11.4 Å². The van der Waals surface area contributed by atoms with Crippen LogP contribution >= 0.6 is 0 Å². The Labute approximate surface area is 201 Å². The van der Waals surface area contributed by atoms with Gasteiger partial charge < -0.3 is 19.1 Å². The van der Waals surface area contributed by atoms with Gasteiger partial charge in [-0.25, -0.2) is 4.79 Å². The molecule has 1 aliphatic carbocycles. The van der Waals surface area contributed by atoms with Crippen molar-refractivity contribution in [3.63, 3.8) is 0 Å². The molecule has 0 N–H and O–H groups in total. The zero-order chi connectivity index (χ0) is 24.1. The zero-order valence-corrected chi connectivity index (χ0v) is 20.3. The molecule has 3 aromatic rings. The average Bonchev–Trinajstić information content (AvgIpc) is 3.65. The first-order valence-electron chi connectivity index (χ1n) is 11.6. The van der Waals surface area contributed by atoms with Crippen molar-refractivity contribution in [3.05, 3.63) is 78.1 Å². The lowest BCUT2D eigenvalue weighted by atomic mass is 10.1. The number of hydrogen-bond donors (Lipinski definition) is 0. The molecule has 1 aromatic heterocycles. The fourth-order valence-corrected chi connectivity index (χ4v) is 3.56. The van der Waals surface area contributed by atoms with Crippen LogP contribution in [0.15, 0.2) is 67.0 Å². The normalized spacial score (nSPS) is 13.3. The minimum Gasteiger partial charge on any atom is -0.493 e. The monoisotopic (exact) mass is 460 g/mol. The van der Waals surface area contributed by atoms with Crippen molar-refractivity contribution in [1.29, 1.82) is 0 Å². The third-order valence-electron chi connectivity index (χ3n) is 5.51. The zero-order valence-electron chi connectivity index (χ0n) is 20.3. The molecule has 0 bridgehead atoms. The molecule has 0 amide bonds. The molecule has 6 nitrogen and oxygen atoms in total. The predicted molar refractivity (Wildman–Crippen MR) is 133 cm³/mol. The molecular weight excluding hydrogens is 428 g/mol. The van der Waals surface area contributed by atoms with E-state index in [4.69, 9.17) is 14.2 Å². The van der Waals surface area contributed by atoms with E-state index in [1.165, 1.54) is 12.8 Å². The highest BCUT2D eigenvalue weighted by atomic mass is 16.6. The summed E-state index contributed by atoms with van der Waals surface area (Å²) in [6.07, 6.45) is 6.06. The summed E-state index contributed by atoms with van der Waals surface area (Å²) < 4.78 is 17.1. The molecule has 1 saturated carbocycles. The fraction of sp³-hybridized carbons (Fsp3) is 0.357. The van der Waals surface area contributed by atoms with Crippen LogP contribution in [-0.2, 0) is 11.3 Å². The summed E-state index contributed by atoms with van der Waals surface area (Å²) in [6.45, 7) is 6.89. The Hall–Kier alpha value is -3.54. The van der Waals surface area contributed by atoms with E-state index in [1.54, 1.807) is 25.4 Å². The van der Waals surface area contributed by atoms with Crippen LogP contribution in [0.5, 0.6) is 11.5 Å². The van der Waals surface area contributed by atoms with Crippen LogP contribution in [0.2, 0.25) is 0 Å². The second kappa shape index (κ2) is 10.2. The smallest absolute Gasteiger partial charge is 0.338 e. The van der Waals surface area contributed by atoms with Gasteiger partial charge in [0.2, 0.25) is 0 Å². The third-order valence-corrected chi connectivity index (χ3v) is 5.51. The van der Waals surface area contributed by atoms with Gasteiger partial charge in [0.1, 0.15) is 5.60 Å². The number of rotatable bonds is 9. The van der Waals surface area contributed by atoms with Crippen LogP contribution < -0.4 is 14.4 Å². The molecule has 0 aliphatic heterocycles. The summed E-state index contributed by atoms with van der Waals surface area (Å²) in [5.41, 5.74) is 2.94. The summed E-state index contributed by atoms with van der Waals surface area (Å²) >= 11 is 0. The van der Waals surface area contributed by atoms with E-state index in [2.05, 4.69) is 9.88 Å². The summed E-state index contributed by atoms with van der Waals surface area (Å²) in [4.78, 5) is 18.9. The van der Waals surface area contributed by atoms with Gasteiger partial charge >= 0.3 is 5.97 Å². The van der Waals surface area contributed by atoms with E-state index >= 15 is 0 Å². The minimum atomic E-state index is -0.540. The Bertz CT molecular complexity index is 1100. The number of methoxy groups -OCH3 is 1. The van der Waals surface area contributed by atoms with E-state index in [9.17, 15) is 4.79 Å². The lowest BCUT2D eigenvalue weighted by molar-refractivity contribution is 0.00695.